The zero-order valence-electron chi connectivity index (χ0n) is 12.1. The number of fused-ring (bicyclic) bond motifs is 1. The van der Waals surface area contributed by atoms with Gasteiger partial charge in [0.15, 0.2) is 5.78 Å². The van der Waals surface area contributed by atoms with Crippen LogP contribution in [-0.4, -0.2) is 16.0 Å². The highest BCUT2D eigenvalue weighted by Gasteiger charge is 2.32. The Morgan fingerprint density at radius 1 is 1.09 bits per heavy atom. The predicted octanol–water partition coefficient (Wildman–Crippen LogP) is 4.07. The number of ketones is 1. The summed E-state index contributed by atoms with van der Waals surface area (Å²) < 4.78 is 52.3. The molecule has 1 aliphatic carbocycles. The second-order valence-corrected chi connectivity index (χ2v) is 5.72. The van der Waals surface area contributed by atoms with Crippen LogP contribution in [0.25, 0.3) is 11.3 Å². The highest BCUT2D eigenvalue weighted by molar-refractivity contribution is 5.99. The summed E-state index contributed by atoms with van der Waals surface area (Å²) in [5.74, 6) is -0.855. The molecule has 1 aliphatic rings. The Morgan fingerprint density at radius 2 is 1.83 bits per heavy atom. The van der Waals surface area contributed by atoms with Crippen molar-refractivity contribution in [3.63, 3.8) is 0 Å². The third-order valence-corrected chi connectivity index (χ3v) is 3.82. The van der Waals surface area contributed by atoms with Crippen molar-refractivity contribution in [2.24, 2.45) is 5.92 Å². The van der Waals surface area contributed by atoms with E-state index >= 15 is 0 Å². The topological polar surface area (TPSA) is 42.9 Å². The first-order valence-electron chi connectivity index (χ1n) is 7.02. The van der Waals surface area contributed by atoms with Gasteiger partial charge >= 0.3 is 6.18 Å². The molecule has 0 bridgehead atoms. The molecular formula is C16H12F4N2O. The molecule has 3 nitrogen and oxygen atoms in total. The minimum Gasteiger partial charge on any atom is -0.294 e. The molecule has 23 heavy (non-hydrogen) atoms. The van der Waals surface area contributed by atoms with Crippen LogP contribution in [0.5, 0.6) is 0 Å². The van der Waals surface area contributed by atoms with Gasteiger partial charge in [-0.25, -0.2) is 4.39 Å². The molecule has 7 heteroatoms. The number of hydrogen-bond donors (Lipinski definition) is 0. The average Bonchev–Trinajstić information content (AvgIpc) is 2.46. The van der Waals surface area contributed by atoms with Crippen LogP contribution in [-0.2, 0) is 12.6 Å². The number of benzene rings is 1. The van der Waals surface area contributed by atoms with E-state index in [9.17, 15) is 22.4 Å². The van der Waals surface area contributed by atoms with Gasteiger partial charge in [0.25, 0.3) is 0 Å². The van der Waals surface area contributed by atoms with E-state index in [2.05, 4.69) is 10.2 Å². The molecule has 0 radical (unpaired) electrons. The highest BCUT2D eigenvalue weighted by Crippen LogP contribution is 2.34. The Hall–Kier alpha value is -2.31. The fraction of sp³-hybridized carbons (Fsp3) is 0.312. The van der Waals surface area contributed by atoms with Gasteiger partial charge in [0.2, 0.25) is 0 Å². The number of carbonyl (C=O) groups excluding carboxylic acids is 1. The Bertz CT molecular complexity index is 786. The lowest BCUT2D eigenvalue weighted by Crippen LogP contribution is -2.20. The van der Waals surface area contributed by atoms with Crippen LogP contribution in [0.4, 0.5) is 17.6 Å². The monoisotopic (exact) mass is 324 g/mol. The number of Topliss-reactive ketones (excluding diaryl/α,β-unsaturated/α-hetero) is 1. The maximum Gasteiger partial charge on any atom is 0.416 e. The first-order valence-corrected chi connectivity index (χ1v) is 7.02. The summed E-state index contributed by atoms with van der Waals surface area (Å²) in [7, 11) is 0. The van der Waals surface area contributed by atoms with Crippen molar-refractivity contribution in [1.29, 1.82) is 0 Å². The molecule has 0 aliphatic heterocycles. The van der Waals surface area contributed by atoms with E-state index in [1.54, 1.807) is 0 Å². The fourth-order valence-corrected chi connectivity index (χ4v) is 2.67. The maximum atomic E-state index is 13.9. The summed E-state index contributed by atoms with van der Waals surface area (Å²) in [4.78, 5) is 12.0. The van der Waals surface area contributed by atoms with E-state index in [0.717, 1.165) is 6.07 Å². The summed E-state index contributed by atoms with van der Waals surface area (Å²) in [5, 5.41) is 7.72. The van der Waals surface area contributed by atoms with Gasteiger partial charge in [0.05, 0.1) is 17.0 Å². The molecule has 2 aromatic rings. The molecule has 120 valence electrons. The van der Waals surface area contributed by atoms with Crippen molar-refractivity contribution in [2.45, 2.75) is 25.9 Å². The maximum absolute atomic E-state index is 13.9. The van der Waals surface area contributed by atoms with Crippen LogP contribution in [0.15, 0.2) is 24.3 Å². The lowest BCUT2D eigenvalue weighted by Gasteiger charge is -2.19. The van der Waals surface area contributed by atoms with Crippen LogP contribution in [0.3, 0.4) is 0 Å². The molecule has 0 fully saturated rings. The third-order valence-electron chi connectivity index (χ3n) is 3.82. The predicted molar refractivity (Wildman–Crippen MR) is 74.2 cm³/mol. The molecular weight excluding hydrogens is 312 g/mol. The van der Waals surface area contributed by atoms with Crippen molar-refractivity contribution < 1.29 is 22.4 Å². The van der Waals surface area contributed by atoms with E-state index < -0.39 is 17.6 Å². The van der Waals surface area contributed by atoms with E-state index in [0.29, 0.717) is 36.2 Å². The minimum absolute atomic E-state index is 0.0738. The molecule has 3 rings (SSSR count). The molecule has 1 aromatic heterocycles. The van der Waals surface area contributed by atoms with E-state index in [1.807, 2.05) is 6.92 Å². The summed E-state index contributed by atoms with van der Waals surface area (Å²) >= 11 is 0. The Kier molecular flexibility index (Phi) is 3.66. The fourth-order valence-electron chi connectivity index (χ4n) is 2.67. The van der Waals surface area contributed by atoms with Crippen molar-refractivity contribution in [3.05, 3.63) is 46.9 Å². The molecule has 0 N–H and O–H groups in total. The number of halogens is 4. The van der Waals surface area contributed by atoms with Gasteiger partial charge in [0, 0.05) is 17.5 Å². The van der Waals surface area contributed by atoms with E-state index in [1.165, 1.54) is 6.07 Å². The third kappa shape index (κ3) is 2.95. The van der Waals surface area contributed by atoms with Gasteiger partial charge < -0.3 is 0 Å². The number of aromatic nitrogens is 2. The summed E-state index contributed by atoms with van der Waals surface area (Å²) in [6, 6.07) is 3.41. The van der Waals surface area contributed by atoms with Crippen LogP contribution < -0.4 is 0 Å². The van der Waals surface area contributed by atoms with Crippen molar-refractivity contribution in [3.8, 4) is 11.3 Å². The van der Waals surface area contributed by atoms with Gasteiger partial charge in [-0.2, -0.15) is 23.4 Å². The molecule has 1 heterocycles. The lowest BCUT2D eigenvalue weighted by molar-refractivity contribution is -0.137. The number of alkyl halides is 3. The molecule has 1 unspecified atom stereocenters. The van der Waals surface area contributed by atoms with Crippen LogP contribution >= 0.6 is 0 Å². The summed E-state index contributed by atoms with van der Waals surface area (Å²) in [6.07, 6.45) is -3.68. The quantitative estimate of drug-likeness (QED) is 0.743. The smallest absolute Gasteiger partial charge is 0.294 e. The highest BCUT2D eigenvalue weighted by atomic mass is 19.4. The molecule has 0 saturated heterocycles. The van der Waals surface area contributed by atoms with E-state index in [4.69, 9.17) is 0 Å². The Labute approximate surface area is 129 Å². The van der Waals surface area contributed by atoms with Crippen molar-refractivity contribution in [1.82, 2.24) is 10.2 Å². The largest absolute Gasteiger partial charge is 0.416 e. The van der Waals surface area contributed by atoms with Crippen molar-refractivity contribution in [2.75, 3.05) is 0 Å². The second kappa shape index (κ2) is 5.40. The van der Waals surface area contributed by atoms with Crippen LogP contribution in [0.2, 0.25) is 0 Å². The number of nitrogens with zero attached hydrogens (tertiary/aromatic N) is 2. The number of carbonyl (C=O) groups is 1. The average molecular weight is 324 g/mol. The Balaban J connectivity index is 2.10. The van der Waals surface area contributed by atoms with E-state index in [-0.39, 0.29) is 23.0 Å². The first kappa shape index (κ1) is 15.6. The number of hydrogen-bond acceptors (Lipinski definition) is 3. The standard InChI is InChI=1S/C16H12F4N2O/c1-8-4-13-11(15(23)5-8)7-14(22-21-13)10-6-9(16(18,19)20)2-3-12(10)17/h2-3,6-8H,4-5H2,1H3. The van der Waals surface area contributed by atoms with Gasteiger partial charge in [-0.3, -0.25) is 4.79 Å². The first-order chi connectivity index (χ1) is 10.8. The number of rotatable bonds is 1. The lowest BCUT2D eigenvalue weighted by atomic mass is 9.87. The molecule has 0 amide bonds. The van der Waals surface area contributed by atoms with Crippen LogP contribution in [0.1, 0.15) is 35.0 Å². The molecule has 1 aromatic carbocycles. The zero-order chi connectivity index (χ0) is 16.8. The van der Waals surface area contributed by atoms with Gasteiger partial charge in [-0.1, -0.05) is 6.92 Å². The molecule has 0 spiro atoms. The summed E-state index contributed by atoms with van der Waals surface area (Å²) in [5.41, 5.74) is -0.556. The normalized spacial score (nSPS) is 18.0. The van der Waals surface area contributed by atoms with Gasteiger partial charge in [-0.15, -0.1) is 0 Å². The minimum atomic E-state index is -4.59. The molecule has 1 atom stereocenters. The van der Waals surface area contributed by atoms with Gasteiger partial charge in [-0.05, 0) is 36.6 Å². The molecule has 0 saturated carbocycles. The van der Waals surface area contributed by atoms with Gasteiger partial charge in [0.1, 0.15) is 5.82 Å². The Morgan fingerprint density at radius 3 is 2.52 bits per heavy atom. The zero-order valence-corrected chi connectivity index (χ0v) is 12.1. The second-order valence-electron chi connectivity index (χ2n) is 5.72. The summed E-state index contributed by atoms with van der Waals surface area (Å²) in [6.45, 7) is 1.91. The van der Waals surface area contributed by atoms with Crippen LogP contribution in [0, 0.1) is 11.7 Å². The SMILES string of the molecule is CC1CC(=O)c2cc(-c3cc(C(F)(F)F)ccc3F)nnc2C1. The van der Waals surface area contributed by atoms with Crippen molar-refractivity contribution >= 4 is 5.78 Å².